The molecule has 0 radical (unpaired) electrons. The summed E-state index contributed by atoms with van der Waals surface area (Å²) in [5.41, 5.74) is 3.53. The minimum atomic E-state index is 0.0774. The molecule has 2 aromatic carbocycles. The molecular formula is C27H29N3O2S3. The van der Waals surface area contributed by atoms with Gasteiger partial charge in [0.25, 0.3) is 0 Å². The number of ether oxygens (including phenoxy) is 1. The van der Waals surface area contributed by atoms with Crippen LogP contribution >= 0.6 is 34.4 Å². The zero-order valence-electron chi connectivity index (χ0n) is 20.0. The Kier molecular flexibility index (Phi) is 7.72. The lowest BCUT2D eigenvalue weighted by atomic mass is 10.0. The number of thioether (sulfide) groups is 1. The number of aromatic nitrogens is 1. The monoisotopic (exact) mass is 523 g/mol. The Hall–Kier alpha value is -2.39. The van der Waals surface area contributed by atoms with Crippen molar-refractivity contribution in [3.63, 3.8) is 0 Å². The van der Waals surface area contributed by atoms with Crippen LogP contribution in [-0.4, -0.2) is 41.7 Å². The second kappa shape index (κ2) is 11.1. The van der Waals surface area contributed by atoms with Gasteiger partial charge in [0.1, 0.15) is 15.8 Å². The van der Waals surface area contributed by atoms with E-state index in [-0.39, 0.29) is 5.91 Å². The van der Waals surface area contributed by atoms with Gasteiger partial charge in [0.2, 0.25) is 5.91 Å². The number of methoxy groups -OCH3 is 1. The van der Waals surface area contributed by atoms with Gasteiger partial charge < -0.3 is 10.1 Å². The summed E-state index contributed by atoms with van der Waals surface area (Å²) in [6.45, 7) is 5.25. The van der Waals surface area contributed by atoms with Gasteiger partial charge in [-0.15, -0.1) is 34.4 Å². The summed E-state index contributed by atoms with van der Waals surface area (Å²) < 4.78 is 6.40. The number of benzene rings is 2. The molecule has 1 N–H and O–H groups in total. The van der Waals surface area contributed by atoms with Crippen molar-refractivity contribution < 1.29 is 9.53 Å². The summed E-state index contributed by atoms with van der Waals surface area (Å²) in [5, 5.41) is 5.23. The Morgan fingerprint density at radius 2 is 2.00 bits per heavy atom. The Labute approximate surface area is 218 Å². The number of amides is 1. The van der Waals surface area contributed by atoms with E-state index in [4.69, 9.17) is 9.72 Å². The van der Waals surface area contributed by atoms with Crippen LogP contribution in [0, 0.1) is 0 Å². The number of carbonyl (C=O) groups is 1. The maximum Gasteiger partial charge on any atom is 0.225 e. The fourth-order valence-electron chi connectivity index (χ4n) is 4.30. The molecule has 4 aromatic rings. The summed E-state index contributed by atoms with van der Waals surface area (Å²) in [4.78, 5) is 22.9. The van der Waals surface area contributed by atoms with E-state index in [0.29, 0.717) is 6.42 Å². The van der Waals surface area contributed by atoms with Gasteiger partial charge >= 0.3 is 0 Å². The topological polar surface area (TPSA) is 54.5 Å². The van der Waals surface area contributed by atoms with Crippen LogP contribution in [0.25, 0.3) is 20.8 Å². The van der Waals surface area contributed by atoms with Gasteiger partial charge in [-0.1, -0.05) is 19.1 Å². The summed E-state index contributed by atoms with van der Waals surface area (Å²) in [6.07, 6.45) is 2.33. The fourth-order valence-corrected chi connectivity index (χ4v) is 7.57. The predicted octanol–water partition coefficient (Wildman–Crippen LogP) is 6.92. The van der Waals surface area contributed by atoms with Gasteiger partial charge in [0.05, 0.1) is 17.3 Å². The number of thiophene rings is 1. The minimum absolute atomic E-state index is 0.0774. The fraction of sp³-hybridized carbons (Fsp3) is 0.333. The number of anilines is 1. The first-order chi connectivity index (χ1) is 17.1. The van der Waals surface area contributed by atoms with Gasteiger partial charge in [-0.05, 0) is 67.1 Å². The SMILES string of the molecule is CCN1CCc2c(sc(NC(=O)CCCSc3ccc(OC)cc3)c2-c2nc3ccccc3s2)C1. The first kappa shape index (κ1) is 24.3. The van der Waals surface area contributed by atoms with Gasteiger partial charge in [-0.2, -0.15) is 0 Å². The van der Waals surface area contributed by atoms with Crippen LogP contribution in [0.2, 0.25) is 0 Å². The molecule has 1 aliphatic rings. The molecule has 1 amide bonds. The Balaban J connectivity index is 1.29. The number of hydrogen-bond donors (Lipinski definition) is 1. The van der Waals surface area contributed by atoms with Crippen molar-refractivity contribution in [2.45, 2.75) is 37.6 Å². The Morgan fingerprint density at radius 3 is 2.77 bits per heavy atom. The van der Waals surface area contributed by atoms with Crippen LogP contribution in [0.5, 0.6) is 5.75 Å². The molecule has 182 valence electrons. The Bertz CT molecular complexity index is 1280. The summed E-state index contributed by atoms with van der Waals surface area (Å²) in [5.74, 6) is 1.84. The first-order valence-electron chi connectivity index (χ1n) is 11.9. The zero-order valence-corrected chi connectivity index (χ0v) is 22.5. The largest absolute Gasteiger partial charge is 0.497 e. The average molecular weight is 524 g/mol. The molecule has 3 heterocycles. The molecule has 5 rings (SSSR count). The highest BCUT2D eigenvalue weighted by Gasteiger charge is 2.27. The maximum atomic E-state index is 12.9. The number of rotatable bonds is 9. The number of carbonyl (C=O) groups excluding carboxylic acids is 1. The number of hydrogen-bond acceptors (Lipinski definition) is 7. The summed E-state index contributed by atoms with van der Waals surface area (Å²) in [7, 11) is 1.67. The maximum absolute atomic E-state index is 12.9. The lowest BCUT2D eigenvalue weighted by Gasteiger charge is -2.25. The number of likely N-dealkylation sites (N-methyl/N-ethyl adjacent to an activating group) is 1. The highest BCUT2D eigenvalue weighted by atomic mass is 32.2. The highest BCUT2D eigenvalue weighted by Crippen LogP contribution is 2.45. The normalized spacial score (nSPS) is 13.7. The van der Waals surface area contributed by atoms with Crippen molar-refractivity contribution in [3.05, 3.63) is 59.0 Å². The van der Waals surface area contributed by atoms with Crippen molar-refractivity contribution in [1.82, 2.24) is 9.88 Å². The number of para-hydroxylation sites is 1. The number of thiazole rings is 1. The van der Waals surface area contributed by atoms with Crippen LogP contribution in [0.4, 0.5) is 5.00 Å². The molecule has 0 saturated heterocycles. The van der Waals surface area contributed by atoms with E-state index >= 15 is 0 Å². The lowest BCUT2D eigenvalue weighted by Crippen LogP contribution is -2.29. The molecule has 0 fully saturated rings. The molecule has 0 unspecified atom stereocenters. The van der Waals surface area contributed by atoms with Crippen LogP contribution < -0.4 is 10.1 Å². The standard InChI is InChI=1S/C27H29N3O2S3/c1-3-30-15-14-20-23(17-30)35-27(25(20)26-28-21-7-4-5-8-22(21)34-26)29-24(31)9-6-16-33-19-12-10-18(32-2)11-13-19/h4-5,7-8,10-13H,3,6,9,14-17H2,1-2H3,(H,29,31). The predicted molar refractivity (Wildman–Crippen MR) is 149 cm³/mol. The van der Waals surface area contributed by atoms with E-state index in [0.717, 1.165) is 65.1 Å². The van der Waals surface area contributed by atoms with E-state index in [1.807, 2.05) is 18.2 Å². The summed E-state index contributed by atoms with van der Waals surface area (Å²) in [6, 6.07) is 16.3. The molecule has 5 nitrogen and oxygen atoms in total. The molecule has 2 aromatic heterocycles. The lowest BCUT2D eigenvalue weighted by molar-refractivity contribution is -0.116. The molecule has 0 saturated carbocycles. The third-order valence-electron chi connectivity index (χ3n) is 6.22. The third-order valence-corrected chi connectivity index (χ3v) is 9.50. The van der Waals surface area contributed by atoms with E-state index < -0.39 is 0 Å². The molecule has 0 bridgehead atoms. The van der Waals surface area contributed by atoms with Crippen molar-refractivity contribution in [3.8, 4) is 16.3 Å². The van der Waals surface area contributed by atoms with Gasteiger partial charge in [-0.25, -0.2) is 4.98 Å². The number of nitrogens with zero attached hydrogens (tertiary/aromatic N) is 2. The third kappa shape index (κ3) is 5.56. The molecule has 0 aliphatic carbocycles. The second-order valence-corrected chi connectivity index (χ2v) is 11.8. The van der Waals surface area contributed by atoms with E-state index in [1.54, 1.807) is 41.5 Å². The Morgan fingerprint density at radius 1 is 1.17 bits per heavy atom. The van der Waals surface area contributed by atoms with Crippen molar-refractivity contribution in [1.29, 1.82) is 0 Å². The van der Waals surface area contributed by atoms with Crippen LogP contribution in [0.1, 0.15) is 30.2 Å². The summed E-state index contributed by atoms with van der Waals surface area (Å²) >= 11 is 5.21. The van der Waals surface area contributed by atoms with E-state index in [1.165, 1.54) is 20.0 Å². The van der Waals surface area contributed by atoms with Crippen LogP contribution in [0.15, 0.2) is 53.4 Å². The van der Waals surface area contributed by atoms with Crippen molar-refractivity contribution in [2.75, 3.05) is 31.3 Å². The quantitative estimate of drug-likeness (QED) is 0.191. The molecule has 35 heavy (non-hydrogen) atoms. The highest BCUT2D eigenvalue weighted by molar-refractivity contribution is 7.99. The van der Waals surface area contributed by atoms with Crippen molar-refractivity contribution >= 4 is 55.6 Å². The second-order valence-electron chi connectivity index (χ2n) is 8.49. The first-order valence-corrected chi connectivity index (χ1v) is 14.6. The molecule has 0 spiro atoms. The molecule has 8 heteroatoms. The molecule has 0 atom stereocenters. The number of nitrogens with one attached hydrogen (secondary N) is 1. The smallest absolute Gasteiger partial charge is 0.225 e. The molecule has 1 aliphatic heterocycles. The number of fused-ring (bicyclic) bond motifs is 2. The van der Waals surface area contributed by atoms with Gasteiger partial charge in [-0.3, -0.25) is 9.69 Å². The van der Waals surface area contributed by atoms with Crippen molar-refractivity contribution in [2.24, 2.45) is 0 Å². The van der Waals surface area contributed by atoms with Gasteiger partial charge in [0, 0.05) is 34.8 Å². The average Bonchev–Trinajstić information content (AvgIpc) is 3.46. The van der Waals surface area contributed by atoms with Crippen LogP contribution in [0.3, 0.4) is 0 Å². The zero-order chi connectivity index (χ0) is 24.2. The van der Waals surface area contributed by atoms with E-state index in [9.17, 15) is 4.79 Å². The van der Waals surface area contributed by atoms with E-state index in [2.05, 4.69) is 47.5 Å². The van der Waals surface area contributed by atoms with Crippen LogP contribution in [-0.2, 0) is 17.8 Å². The van der Waals surface area contributed by atoms with Gasteiger partial charge in [0.15, 0.2) is 0 Å². The minimum Gasteiger partial charge on any atom is -0.497 e. The molecular weight excluding hydrogens is 495 g/mol.